The highest BCUT2D eigenvalue weighted by Crippen LogP contribution is 2.49. The van der Waals surface area contributed by atoms with Crippen molar-refractivity contribution in [2.45, 2.75) is 0 Å². The highest BCUT2D eigenvalue weighted by Gasteiger charge is 2.35. The lowest BCUT2D eigenvalue weighted by Gasteiger charge is -2.13. The van der Waals surface area contributed by atoms with Gasteiger partial charge in [-0.25, -0.2) is 8.78 Å². The molecule has 0 spiro atoms. The van der Waals surface area contributed by atoms with Crippen molar-refractivity contribution in [3.63, 3.8) is 0 Å². The Labute approximate surface area is 153 Å². The summed E-state index contributed by atoms with van der Waals surface area (Å²) in [4.78, 5) is 12.8. The molecule has 142 valence electrons. The predicted molar refractivity (Wildman–Crippen MR) is 91.9 cm³/mol. The van der Waals surface area contributed by atoms with Crippen LogP contribution in [0.4, 0.5) is 8.78 Å². The lowest BCUT2D eigenvalue weighted by atomic mass is 10.1. The quantitative estimate of drug-likeness (QED) is 0.741. The van der Waals surface area contributed by atoms with Crippen molar-refractivity contribution in [2.75, 3.05) is 28.4 Å². The van der Waals surface area contributed by atoms with Gasteiger partial charge in [0.2, 0.25) is 11.5 Å². The van der Waals surface area contributed by atoms with E-state index in [2.05, 4.69) is 4.74 Å². The average molecular weight is 378 g/mol. The Kier molecular flexibility index (Phi) is 4.89. The minimum Gasteiger partial charge on any atom is -0.493 e. The van der Waals surface area contributed by atoms with E-state index in [9.17, 15) is 13.6 Å². The second kappa shape index (κ2) is 7.14. The van der Waals surface area contributed by atoms with Crippen molar-refractivity contribution < 1.29 is 37.3 Å². The maximum atomic E-state index is 13.9. The van der Waals surface area contributed by atoms with E-state index in [0.717, 1.165) is 19.2 Å². The number of rotatable bonds is 5. The SMILES string of the molecule is COc1cc2c(c(OC)c1OC)C(=O)/C(=C/c1cc(F)c(OC)c(F)c1)O2. The van der Waals surface area contributed by atoms with Crippen molar-refractivity contribution in [3.05, 3.63) is 46.7 Å². The minimum atomic E-state index is -0.895. The third kappa shape index (κ3) is 3.03. The van der Waals surface area contributed by atoms with Gasteiger partial charge < -0.3 is 23.7 Å². The van der Waals surface area contributed by atoms with Gasteiger partial charge in [-0.15, -0.1) is 0 Å². The van der Waals surface area contributed by atoms with Crippen LogP contribution in [0.25, 0.3) is 6.08 Å². The van der Waals surface area contributed by atoms with E-state index in [0.29, 0.717) is 5.75 Å². The summed E-state index contributed by atoms with van der Waals surface area (Å²) in [6, 6.07) is 3.55. The van der Waals surface area contributed by atoms with Crippen LogP contribution < -0.4 is 23.7 Å². The van der Waals surface area contributed by atoms with Gasteiger partial charge in [0.25, 0.3) is 0 Å². The number of Topliss-reactive ketones (excluding diaryl/α,β-unsaturated/α-hetero) is 1. The summed E-state index contributed by atoms with van der Waals surface area (Å²) in [6.45, 7) is 0. The number of allylic oxidation sites excluding steroid dienone is 1. The fourth-order valence-corrected chi connectivity index (χ4v) is 2.82. The minimum absolute atomic E-state index is 0.0971. The molecule has 0 saturated heterocycles. The van der Waals surface area contributed by atoms with Crippen molar-refractivity contribution >= 4 is 11.9 Å². The van der Waals surface area contributed by atoms with Crippen molar-refractivity contribution in [1.29, 1.82) is 0 Å². The maximum Gasteiger partial charge on any atom is 0.235 e. The summed E-state index contributed by atoms with van der Waals surface area (Å²) >= 11 is 0. The van der Waals surface area contributed by atoms with E-state index in [-0.39, 0.29) is 34.1 Å². The molecule has 1 aliphatic heterocycles. The van der Waals surface area contributed by atoms with Crippen LogP contribution in [0.5, 0.6) is 28.7 Å². The van der Waals surface area contributed by atoms with Crippen LogP contribution in [-0.4, -0.2) is 34.2 Å². The summed E-state index contributed by atoms with van der Waals surface area (Å²) in [6.07, 6.45) is 1.23. The van der Waals surface area contributed by atoms with Gasteiger partial charge in [-0.2, -0.15) is 0 Å². The first-order valence-corrected chi connectivity index (χ1v) is 7.75. The largest absolute Gasteiger partial charge is 0.493 e. The van der Waals surface area contributed by atoms with E-state index in [4.69, 9.17) is 18.9 Å². The second-order valence-electron chi connectivity index (χ2n) is 5.48. The van der Waals surface area contributed by atoms with E-state index in [1.165, 1.54) is 33.5 Å². The Hall–Kier alpha value is -3.29. The van der Waals surface area contributed by atoms with Gasteiger partial charge in [0, 0.05) is 6.07 Å². The van der Waals surface area contributed by atoms with Crippen LogP contribution in [0.15, 0.2) is 24.0 Å². The maximum absolute atomic E-state index is 13.9. The van der Waals surface area contributed by atoms with Crippen molar-refractivity contribution in [1.82, 2.24) is 0 Å². The van der Waals surface area contributed by atoms with E-state index < -0.39 is 23.2 Å². The van der Waals surface area contributed by atoms with Crippen LogP contribution in [-0.2, 0) is 0 Å². The van der Waals surface area contributed by atoms with Gasteiger partial charge in [-0.3, -0.25) is 4.79 Å². The van der Waals surface area contributed by atoms with E-state index >= 15 is 0 Å². The molecular formula is C19H16F2O6. The summed E-state index contributed by atoms with van der Waals surface area (Å²) < 4.78 is 53.7. The zero-order valence-corrected chi connectivity index (χ0v) is 15.0. The number of hydrogen-bond donors (Lipinski definition) is 0. The molecular weight excluding hydrogens is 362 g/mol. The van der Waals surface area contributed by atoms with Gasteiger partial charge in [-0.1, -0.05) is 0 Å². The number of fused-ring (bicyclic) bond motifs is 1. The van der Waals surface area contributed by atoms with Crippen LogP contribution in [0, 0.1) is 11.6 Å². The van der Waals surface area contributed by atoms with Crippen LogP contribution in [0.1, 0.15) is 15.9 Å². The lowest BCUT2D eigenvalue weighted by Crippen LogP contribution is -2.02. The van der Waals surface area contributed by atoms with Gasteiger partial charge in [0.15, 0.2) is 34.6 Å². The molecule has 0 amide bonds. The molecule has 0 fully saturated rings. The molecule has 0 aliphatic carbocycles. The van der Waals surface area contributed by atoms with Gasteiger partial charge in [-0.05, 0) is 23.8 Å². The molecule has 0 saturated carbocycles. The van der Waals surface area contributed by atoms with Gasteiger partial charge in [0.1, 0.15) is 11.3 Å². The van der Waals surface area contributed by atoms with Crippen LogP contribution >= 0.6 is 0 Å². The Balaban J connectivity index is 2.08. The monoisotopic (exact) mass is 378 g/mol. The van der Waals surface area contributed by atoms with Gasteiger partial charge >= 0.3 is 0 Å². The number of carbonyl (C=O) groups excluding carboxylic acids is 1. The van der Waals surface area contributed by atoms with E-state index in [1.807, 2.05) is 0 Å². The number of benzene rings is 2. The zero-order chi connectivity index (χ0) is 19.7. The number of carbonyl (C=O) groups is 1. The summed E-state index contributed by atoms with van der Waals surface area (Å²) in [5.41, 5.74) is 0.232. The molecule has 0 bridgehead atoms. The lowest BCUT2D eigenvalue weighted by molar-refractivity contribution is 0.101. The molecule has 2 aromatic rings. The van der Waals surface area contributed by atoms with Crippen molar-refractivity contribution in [3.8, 4) is 28.7 Å². The average Bonchev–Trinajstić information content (AvgIpc) is 2.95. The molecule has 27 heavy (non-hydrogen) atoms. The fraction of sp³-hybridized carbons (Fsp3) is 0.211. The fourth-order valence-electron chi connectivity index (χ4n) is 2.82. The second-order valence-corrected chi connectivity index (χ2v) is 5.48. The van der Waals surface area contributed by atoms with E-state index in [1.54, 1.807) is 0 Å². The Morgan fingerprint density at radius 3 is 1.96 bits per heavy atom. The van der Waals surface area contributed by atoms with Crippen molar-refractivity contribution in [2.24, 2.45) is 0 Å². The highest BCUT2D eigenvalue weighted by molar-refractivity contribution is 6.16. The number of ketones is 1. The molecule has 2 aromatic carbocycles. The number of methoxy groups -OCH3 is 4. The first-order valence-electron chi connectivity index (χ1n) is 7.75. The van der Waals surface area contributed by atoms with Gasteiger partial charge in [0.05, 0.1) is 28.4 Å². The molecule has 0 atom stereocenters. The molecule has 1 aliphatic rings. The Morgan fingerprint density at radius 1 is 0.852 bits per heavy atom. The first-order chi connectivity index (χ1) is 12.9. The Morgan fingerprint density at radius 2 is 1.44 bits per heavy atom. The molecule has 1 heterocycles. The normalized spacial score (nSPS) is 14.0. The number of halogens is 2. The predicted octanol–water partition coefficient (Wildman–Crippen LogP) is 3.62. The number of ether oxygens (including phenoxy) is 5. The van der Waals surface area contributed by atoms with Crippen LogP contribution in [0.3, 0.4) is 0 Å². The molecule has 0 N–H and O–H groups in total. The summed E-state index contributed by atoms with van der Waals surface area (Å²) in [5.74, 6) is -2.05. The topological polar surface area (TPSA) is 63.2 Å². The Bertz CT molecular complexity index is 929. The number of hydrogen-bond acceptors (Lipinski definition) is 6. The third-order valence-electron chi connectivity index (χ3n) is 3.99. The smallest absolute Gasteiger partial charge is 0.235 e. The third-order valence-corrected chi connectivity index (χ3v) is 3.99. The van der Waals surface area contributed by atoms with Crippen LogP contribution in [0.2, 0.25) is 0 Å². The first kappa shape index (κ1) is 18.5. The summed E-state index contributed by atoms with van der Waals surface area (Å²) in [5, 5.41) is 0. The molecule has 0 radical (unpaired) electrons. The molecule has 8 heteroatoms. The highest BCUT2D eigenvalue weighted by atomic mass is 19.1. The zero-order valence-electron chi connectivity index (χ0n) is 15.0. The standard InChI is InChI=1S/C19H16F2O6/c1-23-14-8-12-15(19(26-4)18(14)25-3)16(22)13(27-12)7-9-5-10(20)17(24-2)11(21)6-9/h5-8H,1-4H3/b13-7-. The molecule has 0 unspecified atom stereocenters. The summed E-state index contributed by atoms with van der Waals surface area (Å²) in [7, 11) is 5.38. The molecule has 6 nitrogen and oxygen atoms in total. The molecule has 0 aromatic heterocycles. The molecule has 3 rings (SSSR count).